The van der Waals surface area contributed by atoms with E-state index in [4.69, 9.17) is 5.73 Å². The normalized spacial score (nSPS) is 13.2. The largest absolute Gasteiger partial charge is 0.407 e. The van der Waals surface area contributed by atoms with Crippen LogP contribution in [0.2, 0.25) is 0 Å². The highest BCUT2D eigenvalue weighted by molar-refractivity contribution is 5.85. The lowest BCUT2D eigenvalue weighted by Crippen LogP contribution is -2.28. The zero-order chi connectivity index (χ0) is 10.9. The van der Waals surface area contributed by atoms with E-state index in [1.807, 2.05) is 6.07 Å². The van der Waals surface area contributed by atoms with Crippen molar-refractivity contribution in [1.29, 1.82) is 0 Å². The van der Waals surface area contributed by atoms with Gasteiger partial charge in [-0.1, -0.05) is 29.3 Å². The molecule has 1 aromatic carbocycles. The first-order valence-electron chi connectivity index (χ1n) is 4.21. The van der Waals surface area contributed by atoms with Crippen LogP contribution in [0.4, 0.5) is 13.2 Å². The van der Waals surface area contributed by atoms with E-state index in [1.165, 1.54) is 12.1 Å². The fourth-order valence-electron chi connectivity index (χ4n) is 1.38. The molecule has 0 bridgehead atoms. The minimum absolute atomic E-state index is 0. The van der Waals surface area contributed by atoms with Crippen LogP contribution in [0.3, 0.4) is 0 Å². The molecular weight excluding hydrogens is 227 g/mol. The highest BCUT2D eigenvalue weighted by atomic mass is 35.5. The van der Waals surface area contributed by atoms with Gasteiger partial charge in [-0.15, -0.1) is 12.4 Å². The Morgan fingerprint density at radius 3 is 1.80 bits per heavy atom. The standard InChI is InChI=1S/C10H12F3N.ClH/c1-6-3-7(2)5-8(4-6)9(14)10(11,12)13;/h3-5,9H,14H2,1-2H3;1H/t9-;/m1./s1. The molecule has 2 N–H and O–H groups in total. The summed E-state index contributed by atoms with van der Waals surface area (Å²) in [5.74, 6) is 0. The van der Waals surface area contributed by atoms with Gasteiger partial charge >= 0.3 is 6.18 Å². The molecular formula is C10H13ClF3N. The summed E-state index contributed by atoms with van der Waals surface area (Å²) in [6.07, 6.45) is -4.37. The van der Waals surface area contributed by atoms with Crippen LogP contribution < -0.4 is 5.73 Å². The Morgan fingerprint density at radius 1 is 1.07 bits per heavy atom. The van der Waals surface area contributed by atoms with Crippen LogP contribution in [-0.4, -0.2) is 6.18 Å². The molecule has 0 saturated carbocycles. The lowest BCUT2D eigenvalue weighted by atomic mass is 10.0. The average molecular weight is 240 g/mol. The SMILES string of the molecule is Cc1cc(C)cc([C@@H](N)C(F)(F)F)c1.Cl. The van der Waals surface area contributed by atoms with Crippen molar-refractivity contribution in [3.05, 3.63) is 34.9 Å². The van der Waals surface area contributed by atoms with Crippen molar-refractivity contribution < 1.29 is 13.2 Å². The van der Waals surface area contributed by atoms with Gasteiger partial charge in [0.2, 0.25) is 0 Å². The maximum Gasteiger partial charge on any atom is 0.407 e. The van der Waals surface area contributed by atoms with Gasteiger partial charge in [-0.2, -0.15) is 13.2 Å². The zero-order valence-corrected chi connectivity index (χ0v) is 9.25. The number of hydrogen-bond acceptors (Lipinski definition) is 1. The van der Waals surface area contributed by atoms with Crippen LogP contribution in [0.25, 0.3) is 0 Å². The lowest BCUT2D eigenvalue weighted by Gasteiger charge is -2.16. The van der Waals surface area contributed by atoms with Gasteiger partial charge in [-0.25, -0.2) is 0 Å². The highest BCUT2D eigenvalue weighted by Crippen LogP contribution is 2.31. The van der Waals surface area contributed by atoms with E-state index in [9.17, 15) is 13.2 Å². The maximum atomic E-state index is 12.3. The van der Waals surface area contributed by atoms with Gasteiger partial charge in [0.25, 0.3) is 0 Å². The summed E-state index contributed by atoms with van der Waals surface area (Å²) in [4.78, 5) is 0. The first kappa shape index (κ1) is 14.3. The third-order valence-corrected chi connectivity index (χ3v) is 1.96. The number of hydrogen-bond donors (Lipinski definition) is 1. The van der Waals surface area contributed by atoms with Crippen molar-refractivity contribution in [3.63, 3.8) is 0 Å². The van der Waals surface area contributed by atoms with Gasteiger partial charge in [-0.3, -0.25) is 0 Å². The van der Waals surface area contributed by atoms with Crippen molar-refractivity contribution in [1.82, 2.24) is 0 Å². The Bertz CT molecular complexity index is 316. The molecule has 1 rings (SSSR count). The predicted molar refractivity (Wildman–Crippen MR) is 56.1 cm³/mol. The molecule has 0 fully saturated rings. The third kappa shape index (κ3) is 3.72. The molecule has 0 aliphatic rings. The number of rotatable bonds is 1. The smallest absolute Gasteiger partial charge is 0.316 e. The van der Waals surface area contributed by atoms with Crippen LogP contribution >= 0.6 is 12.4 Å². The van der Waals surface area contributed by atoms with E-state index in [2.05, 4.69) is 0 Å². The Kier molecular flexibility index (Phi) is 4.62. The second-order valence-corrected chi connectivity index (χ2v) is 3.44. The Balaban J connectivity index is 0.00000196. The number of alkyl halides is 3. The van der Waals surface area contributed by atoms with Gasteiger partial charge in [-0.05, 0) is 19.4 Å². The van der Waals surface area contributed by atoms with Gasteiger partial charge in [0.05, 0.1) is 0 Å². The molecule has 15 heavy (non-hydrogen) atoms. The summed E-state index contributed by atoms with van der Waals surface area (Å²) < 4.78 is 36.8. The quantitative estimate of drug-likeness (QED) is 0.800. The van der Waals surface area contributed by atoms with Crippen molar-refractivity contribution in [2.75, 3.05) is 0 Å². The summed E-state index contributed by atoms with van der Waals surface area (Å²) in [6, 6.07) is 2.85. The fraction of sp³-hybridized carbons (Fsp3) is 0.400. The molecule has 0 spiro atoms. The summed E-state index contributed by atoms with van der Waals surface area (Å²) >= 11 is 0. The zero-order valence-electron chi connectivity index (χ0n) is 8.43. The van der Waals surface area contributed by atoms with Crippen molar-refractivity contribution >= 4 is 12.4 Å². The molecule has 1 atom stereocenters. The van der Waals surface area contributed by atoms with Crippen LogP contribution in [0.1, 0.15) is 22.7 Å². The second-order valence-electron chi connectivity index (χ2n) is 3.44. The number of nitrogens with two attached hydrogens (primary N) is 1. The molecule has 1 nitrogen and oxygen atoms in total. The third-order valence-electron chi connectivity index (χ3n) is 1.96. The second kappa shape index (κ2) is 4.86. The van der Waals surface area contributed by atoms with Gasteiger partial charge in [0, 0.05) is 0 Å². The summed E-state index contributed by atoms with van der Waals surface area (Å²) in [5.41, 5.74) is 6.79. The van der Waals surface area contributed by atoms with Crippen LogP contribution in [0, 0.1) is 13.8 Å². The monoisotopic (exact) mass is 239 g/mol. The Hall–Kier alpha value is -0.740. The van der Waals surface area contributed by atoms with Crippen LogP contribution in [-0.2, 0) is 0 Å². The van der Waals surface area contributed by atoms with Crippen LogP contribution in [0.5, 0.6) is 0 Å². The highest BCUT2D eigenvalue weighted by Gasteiger charge is 2.37. The van der Waals surface area contributed by atoms with Crippen molar-refractivity contribution in [2.45, 2.75) is 26.1 Å². The van der Waals surface area contributed by atoms with Crippen molar-refractivity contribution in [3.8, 4) is 0 Å². The molecule has 5 heteroatoms. The molecule has 0 aliphatic carbocycles. The lowest BCUT2D eigenvalue weighted by molar-refractivity contribution is -0.149. The van der Waals surface area contributed by atoms with E-state index in [0.717, 1.165) is 11.1 Å². The van der Waals surface area contributed by atoms with Gasteiger partial charge in [0.15, 0.2) is 0 Å². The molecule has 0 saturated heterocycles. The van der Waals surface area contributed by atoms with Gasteiger partial charge < -0.3 is 5.73 Å². The number of aryl methyl sites for hydroxylation is 2. The first-order valence-corrected chi connectivity index (χ1v) is 4.21. The van der Waals surface area contributed by atoms with E-state index >= 15 is 0 Å². The first-order chi connectivity index (χ1) is 6.30. The minimum Gasteiger partial charge on any atom is -0.316 e. The maximum absolute atomic E-state index is 12.3. The average Bonchev–Trinajstić information content (AvgIpc) is 1.99. The molecule has 0 unspecified atom stereocenters. The fourth-order valence-corrected chi connectivity index (χ4v) is 1.38. The Morgan fingerprint density at radius 2 is 1.47 bits per heavy atom. The summed E-state index contributed by atoms with van der Waals surface area (Å²) in [7, 11) is 0. The molecule has 0 amide bonds. The molecule has 0 heterocycles. The topological polar surface area (TPSA) is 26.0 Å². The van der Waals surface area contributed by atoms with E-state index in [1.54, 1.807) is 13.8 Å². The van der Waals surface area contributed by atoms with Crippen molar-refractivity contribution in [2.24, 2.45) is 5.73 Å². The minimum atomic E-state index is -4.37. The number of benzene rings is 1. The van der Waals surface area contributed by atoms with E-state index in [0.29, 0.717) is 0 Å². The van der Waals surface area contributed by atoms with E-state index in [-0.39, 0.29) is 18.0 Å². The Labute approximate surface area is 92.9 Å². The van der Waals surface area contributed by atoms with E-state index < -0.39 is 12.2 Å². The van der Waals surface area contributed by atoms with Gasteiger partial charge in [0.1, 0.15) is 6.04 Å². The molecule has 0 aliphatic heterocycles. The predicted octanol–water partition coefficient (Wildman–Crippen LogP) is 3.29. The summed E-state index contributed by atoms with van der Waals surface area (Å²) in [5, 5.41) is 0. The molecule has 1 aromatic rings. The molecule has 86 valence electrons. The molecule has 0 radical (unpaired) electrons. The van der Waals surface area contributed by atoms with Crippen LogP contribution in [0.15, 0.2) is 18.2 Å². The molecule has 0 aromatic heterocycles. The summed E-state index contributed by atoms with van der Waals surface area (Å²) in [6.45, 7) is 3.50. The number of halogens is 4.